The predicted octanol–water partition coefficient (Wildman–Crippen LogP) is 3.40. The van der Waals surface area contributed by atoms with Crippen LogP contribution in [0.5, 0.6) is 11.5 Å². The largest absolute Gasteiger partial charge is 0.493 e. The highest BCUT2D eigenvalue weighted by Gasteiger charge is 2.31. The van der Waals surface area contributed by atoms with Gasteiger partial charge in [-0.25, -0.2) is 0 Å². The first-order valence-corrected chi connectivity index (χ1v) is 14.6. The Morgan fingerprint density at radius 1 is 0.829 bits per heavy atom. The van der Waals surface area contributed by atoms with Gasteiger partial charge in [-0.1, -0.05) is 0 Å². The van der Waals surface area contributed by atoms with E-state index in [1.807, 2.05) is 17.0 Å². The molecule has 41 heavy (non-hydrogen) atoms. The number of anilines is 2. The van der Waals surface area contributed by atoms with Crippen molar-refractivity contribution in [2.24, 2.45) is 11.7 Å². The summed E-state index contributed by atoms with van der Waals surface area (Å²) in [6.07, 6.45) is 6.12. The van der Waals surface area contributed by atoms with E-state index in [1.165, 1.54) is 0 Å². The van der Waals surface area contributed by atoms with Crippen LogP contribution >= 0.6 is 0 Å². The molecule has 1 aliphatic heterocycles. The maximum Gasteiger partial charge on any atom is 0.254 e. The Kier molecular flexibility index (Phi) is 8.97. The molecule has 5 rings (SSSR count). The number of hydrogen-bond donors (Lipinski definition) is 3. The molecule has 10 heteroatoms. The summed E-state index contributed by atoms with van der Waals surface area (Å²) in [7, 11) is 3.12. The van der Waals surface area contributed by atoms with Crippen molar-refractivity contribution in [1.29, 1.82) is 0 Å². The van der Waals surface area contributed by atoms with E-state index in [-0.39, 0.29) is 35.7 Å². The number of ether oxygens (including phenoxy) is 2. The summed E-state index contributed by atoms with van der Waals surface area (Å²) in [5.74, 6) is 0.914. The smallest absolute Gasteiger partial charge is 0.254 e. The minimum Gasteiger partial charge on any atom is -0.493 e. The normalized spacial score (nSPS) is 21.0. The van der Waals surface area contributed by atoms with Crippen LogP contribution in [0.3, 0.4) is 0 Å². The lowest BCUT2D eigenvalue weighted by Crippen LogP contribution is -2.40. The summed E-state index contributed by atoms with van der Waals surface area (Å²) in [6, 6.07) is 11.1. The fourth-order valence-electron chi connectivity index (χ4n) is 5.68. The molecule has 3 fully saturated rings. The molecular weight excluding hydrogens is 522 g/mol. The third-order valence-corrected chi connectivity index (χ3v) is 8.33. The molecule has 1 heterocycles. The number of carbonyl (C=O) groups excluding carboxylic acids is 3. The van der Waals surface area contributed by atoms with E-state index in [9.17, 15) is 14.4 Å². The zero-order valence-corrected chi connectivity index (χ0v) is 24.0. The molecule has 220 valence electrons. The fraction of sp³-hybridized carbons (Fsp3) is 0.516. The molecule has 0 bridgehead atoms. The molecule has 2 aromatic rings. The topological polar surface area (TPSA) is 126 Å². The second-order valence-electron chi connectivity index (χ2n) is 11.3. The Balaban J connectivity index is 1.30. The SMILES string of the molecule is COc1ccc(C(=O)N2CCCN(c3ccc(C(=O)NC4CCC(N)CC4)cc3NC(=O)C3CC3)CC2)cc1OC. The lowest BCUT2D eigenvalue weighted by atomic mass is 9.91. The molecule has 0 atom stereocenters. The molecule has 2 aliphatic carbocycles. The van der Waals surface area contributed by atoms with Gasteiger partial charge in [0.05, 0.1) is 25.6 Å². The monoisotopic (exact) mass is 563 g/mol. The van der Waals surface area contributed by atoms with Crippen molar-refractivity contribution in [3.8, 4) is 11.5 Å². The van der Waals surface area contributed by atoms with Gasteiger partial charge in [0, 0.05) is 55.3 Å². The van der Waals surface area contributed by atoms with Crippen molar-refractivity contribution >= 4 is 29.1 Å². The first-order valence-electron chi connectivity index (χ1n) is 14.6. The lowest BCUT2D eigenvalue weighted by Gasteiger charge is -2.28. The summed E-state index contributed by atoms with van der Waals surface area (Å²) in [5, 5.41) is 6.24. The second-order valence-corrected chi connectivity index (χ2v) is 11.3. The van der Waals surface area contributed by atoms with Gasteiger partial charge in [0.2, 0.25) is 5.91 Å². The van der Waals surface area contributed by atoms with E-state index in [0.717, 1.165) is 57.2 Å². The zero-order chi connectivity index (χ0) is 28.9. The van der Waals surface area contributed by atoms with Crippen molar-refractivity contribution in [2.75, 3.05) is 50.6 Å². The van der Waals surface area contributed by atoms with Crippen molar-refractivity contribution in [1.82, 2.24) is 10.2 Å². The number of carbonyl (C=O) groups is 3. The Labute approximate surface area is 241 Å². The Bertz CT molecular complexity index is 1270. The molecule has 2 aromatic carbocycles. The molecule has 0 unspecified atom stereocenters. The minimum atomic E-state index is -0.137. The van der Waals surface area contributed by atoms with Crippen LogP contribution in [0.4, 0.5) is 11.4 Å². The van der Waals surface area contributed by atoms with E-state index in [1.54, 1.807) is 38.5 Å². The van der Waals surface area contributed by atoms with Crippen molar-refractivity contribution < 1.29 is 23.9 Å². The number of amides is 3. The van der Waals surface area contributed by atoms with Crippen molar-refractivity contribution in [3.63, 3.8) is 0 Å². The number of methoxy groups -OCH3 is 2. The Morgan fingerprint density at radius 3 is 2.27 bits per heavy atom. The predicted molar refractivity (Wildman–Crippen MR) is 158 cm³/mol. The van der Waals surface area contributed by atoms with Crippen LogP contribution in [-0.4, -0.2) is 75.1 Å². The highest BCUT2D eigenvalue weighted by molar-refractivity contribution is 6.01. The Hall–Kier alpha value is -3.79. The summed E-state index contributed by atoms with van der Waals surface area (Å²) >= 11 is 0. The van der Waals surface area contributed by atoms with Gasteiger partial charge in [0.1, 0.15) is 0 Å². The van der Waals surface area contributed by atoms with Gasteiger partial charge in [-0.3, -0.25) is 14.4 Å². The third kappa shape index (κ3) is 6.93. The van der Waals surface area contributed by atoms with Crippen LogP contribution in [0.2, 0.25) is 0 Å². The molecule has 0 aromatic heterocycles. The molecule has 0 radical (unpaired) electrons. The molecule has 10 nitrogen and oxygen atoms in total. The number of nitrogens with two attached hydrogens (primary N) is 1. The van der Waals surface area contributed by atoms with Crippen molar-refractivity contribution in [2.45, 2.75) is 57.0 Å². The van der Waals surface area contributed by atoms with Crippen LogP contribution in [-0.2, 0) is 4.79 Å². The highest BCUT2D eigenvalue weighted by Crippen LogP contribution is 2.34. The summed E-state index contributed by atoms with van der Waals surface area (Å²) in [5.41, 5.74) is 8.59. The Morgan fingerprint density at radius 2 is 1.56 bits per heavy atom. The first-order chi connectivity index (χ1) is 19.9. The van der Waals surface area contributed by atoms with E-state index in [0.29, 0.717) is 47.9 Å². The van der Waals surface area contributed by atoms with E-state index >= 15 is 0 Å². The molecule has 4 N–H and O–H groups in total. The van der Waals surface area contributed by atoms with Gasteiger partial charge >= 0.3 is 0 Å². The van der Waals surface area contributed by atoms with Crippen LogP contribution in [0.15, 0.2) is 36.4 Å². The molecule has 1 saturated heterocycles. The van der Waals surface area contributed by atoms with Crippen LogP contribution in [0, 0.1) is 5.92 Å². The molecule has 3 amide bonds. The summed E-state index contributed by atoms with van der Waals surface area (Å²) < 4.78 is 10.7. The maximum absolute atomic E-state index is 13.4. The molecule has 2 saturated carbocycles. The van der Waals surface area contributed by atoms with E-state index in [4.69, 9.17) is 15.2 Å². The second kappa shape index (κ2) is 12.8. The van der Waals surface area contributed by atoms with Gasteiger partial charge in [-0.2, -0.15) is 0 Å². The minimum absolute atomic E-state index is 0.00912. The quantitative estimate of drug-likeness (QED) is 0.449. The highest BCUT2D eigenvalue weighted by atomic mass is 16.5. The average molecular weight is 564 g/mol. The summed E-state index contributed by atoms with van der Waals surface area (Å²) in [6.45, 7) is 2.45. The van der Waals surface area contributed by atoms with E-state index < -0.39 is 0 Å². The van der Waals surface area contributed by atoms with Gasteiger partial charge < -0.3 is 35.6 Å². The average Bonchev–Trinajstić information content (AvgIpc) is 3.85. The summed E-state index contributed by atoms with van der Waals surface area (Å²) in [4.78, 5) is 43.3. The van der Waals surface area contributed by atoms with Crippen LogP contribution in [0.25, 0.3) is 0 Å². The fourth-order valence-corrected chi connectivity index (χ4v) is 5.68. The maximum atomic E-state index is 13.4. The molecule has 3 aliphatic rings. The van der Waals surface area contributed by atoms with Gasteiger partial charge in [-0.05, 0) is 81.3 Å². The first kappa shape index (κ1) is 28.7. The number of benzene rings is 2. The van der Waals surface area contributed by atoms with E-state index in [2.05, 4.69) is 15.5 Å². The number of nitrogens with zero attached hydrogens (tertiary/aromatic N) is 2. The van der Waals surface area contributed by atoms with Gasteiger partial charge in [-0.15, -0.1) is 0 Å². The van der Waals surface area contributed by atoms with Crippen molar-refractivity contribution in [3.05, 3.63) is 47.5 Å². The number of hydrogen-bond acceptors (Lipinski definition) is 7. The number of nitrogens with one attached hydrogen (secondary N) is 2. The zero-order valence-electron chi connectivity index (χ0n) is 24.0. The number of rotatable bonds is 8. The molecular formula is C31H41N5O5. The lowest BCUT2D eigenvalue weighted by molar-refractivity contribution is -0.117. The standard InChI is InChI=1S/C31H41N5O5/c1-40-27-13-7-22(19-28(27)41-2)31(39)36-15-3-14-35(16-17-36)26-12-6-21(18-25(26)34-29(37)20-4-5-20)30(38)33-24-10-8-23(32)9-11-24/h6-7,12-13,18-20,23-24H,3-5,8-11,14-17,32H2,1-2H3,(H,33,38)(H,34,37). The van der Waals surface area contributed by atoms with Gasteiger partial charge in [0.15, 0.2) is 11.5 Å². The molecule has 0 spiro atoms. The van der Waals surface area contributed by atoms with Crippen LogP contribution in [0.1, 0.15) is 65.7 Å². The van der Waals surface area contributed by atoms with Crippen LogP contribution < -0.4 is 30.7 Å². The van der Waals surface area contributed by atoms with Gasteiger partial charge in [0.25, 0.3) is 11.8 Å². The third-order valence-electron chi connectivity index (χ3n) is 8.33.